The van der Waals surface area contributed by atoms with Gasteiger partial charge in [-0.3, -0.25) is 9.58 Å². The van der Waals surface area contributed by atoms with E-state index in [1.807, 2.05) is 13.2 Å². The lowest BCUT2D eigenvalue weighted by atomic mass is 9.81. The molecule has 2 atom stereocenters. The molecule has 0 saturated carbocycles. The Bertz CT molecular complexity index is 777. The third kappa shape index (κ3) is 3.02. The van der Waals surface area contributed by atoms with Crippen LogP contribution in [0.25, 0.3) is 0 Å². The van der Waals surface area contributed by atoms with E-state index in [1.54, 1.807) is 16.0 Å². The zero-order valence-electron chi connectivity index (χ0n) is 14.5. The number of nitrogens with zero attached hydrogens (tertiary/aromatic N) is 4. The number of aliphatic hydroxyl groups excluding tert-OH is 1. The standard InChI is InChI=1S/C17H23ClN4O2S/c1-11-7-17(4-5-22(11)9-12-8-21(2)20-19-12)15-13(3-6-24-17)14(10-23)16(18)25-15/h8,11,23H,3-7,9-10H2,1-2H3/t11-,17+/m0/s1. The van der Waals surface area contributed by atoms with Crippen molar-refractivity contribution in [2.45, 2.75) is 51.0 Å². The first-order valence-corrected chi connectivity index (χ1v) is 9.86. The van der Waals surface area contributed by atoms with Crippen LogP contribution in [0.5, 0.6) is 0 Å². The van der Waals surface area contributed by atoms with E-state index < -0.39 is 0 Å². The number of aromatic nitrogens is 3. The van der Waals surface area contributed by atoms with Gasteiger partial charge >= 0.3 is 0 Å². The summed E-state index contributed by atoms with van der Waals surface area (Å²) >= 11 is 7.98. The van der Waals surface area contributed by atoms with Crippen LogP contribution in [0.4, 0.5) is 0 Å². The number of thiophene rings is 1. The average molecular weight is 383 g/mol. The van der Waals surface area contributed by atoms with E-state index in [4.69, 9.17) is 16.3 Å². The zero-order chi connectivity index (χ0) is 17.6. The predicted octanol–water partition coefficient (Wildman–Crippen LogP) is 2.47. The first-order valence-electron chi connectivity index (χ1n) is 8.67. The Kier molecular flexibility index (Phi) is 4.62. The fraction of sp³-hybridized carbons (Fsp3) is 0.647. The SMILES string of the molecule is C[C@H]1C[C@@]2(CCN1Cc1cn(C)nn1)OCCc1c2sc(Cl)c1CO. The number of ether oxygens (including phenoxy) is 1. The van der Waals surface area contributed by atoms with Crippen LogP contribution in [0.3, 0.4) is 0 Å². The molecule has 2 aromatic heterocycles. The molecule has 4 heterocycles. The first-order chi connectivity index (χ1) is 12.0. The van der Waals surface area contributed by atoms with Gasteiger partial charge < -0.3 is 9.84 Å². The van der Waals surface area contributed by atoms with Gasteiger partial charge in [0.25, 0.3) is 0 Å². The summed E-state index contributed by atoms with van der Waals surface area (Å²) in [5.74, 6) is 0. The van der Waals surface area contributed by atoms with Crippen LogP contribution in [0.15, 0.2) is 6.20 Å². The molecule has 1 spiro atoms. The van der Waals surface area contributed by atoms with Crippen molar-refractivity contribution in [3.8, 4) is 0 Å². The molecule has 0 bridgehead atoms. The summed E-state index contributed by atoms with van der Waals surface area (Å²) in [4.78, 5) is 3.67. The van der Waals surface area contributed by atoms with Crippen molar-refractivity contribution >= 4 is 22.9 Å². The van der Waals surface area contributed by atoms with Gasteiger partial charge in [-0.2, -0.15) is 0 Å². The molecule has 136 valence electrons. The van der Waals surface area contributed by atoms with Gasteiger partial charge in [-0.15, -0.1) is 16.4 Å². The highest BCUT2D eigenvalue weighted by Crippen LogP contribution is 2.49. The number of aliphatic hydroxyl groups is 1. The topological polar surface area (TPSA) is 63.4 Å². The highest BCUT2D eigenvalue weighted by Gasteiger charge is 2.45. The van der Waals surface area contributed by atoms with E-state index in [-0.39, 0.29) is 12.2 Å². The third-order valence-corrected chi connectivity index (χ3v) is 7.14. The van der Waals surface area contributed by atoms with Crippen molar-refractivity contribution in [3.63, 3.8) is 0 Å². The highest BCUT2D eigenvalue weighted by atomic mass is 35.5. The minimum absolute atomic E-state index is 0.00903. The van der Waals surface area contributed by atoms with Crippen LogP contribution >= 0.6 is 22.9 Å². The molecule has 0 radical (unpaired) electrons. The lowest BCUT2D eigenvalue weighted by Gasteiger charge is -2.47. The molecule has 2 aromatic rings. The molecule has 1 saturated heterocycles. The largest absolute Gasteiger partial charge is 0.392 e. The van der Waals surface area contributed by atoms with Crippen LogP contribution in [0.1, 0.15) is 41.5 Å². The lowest BCUT2D eigenvalue weighted by Crippen LogP contribution is -2.50. The second-order valence-electron chi connectivity index (χ2n) is 7.07. The number of hydrogen-bond acceptors (Lipinski definition) is 6. The third-order valence-electron chi connectivity index (χ3n) is 5.44. The zero-order valence-corrected chi connectivity index (χ0v) is 16.1. The average Bonchev–Trinajstić information content (AvgIpc) is 3.14. The maximum Gasteiger partial charge on any atom is 0.105 e. The predicted molar refractivity (Wildman–Crippen MR) is 96.7 cm³/mol. The number of hydrogen-bond donors (Lipinski definition) is 1. The summed E-state index contributed by atoms with van der Waals surface area (Å²) in [5, 5.41) is 17.9. The van der Waals surface area contributed by atoms with E-state index in [0.29, 0.717) is 17.0 Å². The van der Waals surface area contributed by atoms with Crippen LogP contribution < -0.4 is 0 Å². The Hall–Kier alpha value is -0.990. The number of halogens is 1. The molecule has 1 fully saturated rings. The molecule has 1 N–H and O–H groups in total. The van der Waals surface area contributed by atoms with E-state index in [9.17, 15) is 5.11 Å². The molecule has 0 unspecified atom stereocenters. The summed E-state index contributed by atoms with van der Waals surface area (Å²) in [7, 11) is 1.89. The van der Waals surface area contributed by atoms with Crippen molar-refractivity contribution in [1.29, 1.82) is 0 Å². The van der Waals surface area contributed by atoms with Gasteiger partial charge in [0.15, 0.2) is 0 Å². The second kappa shape index (κ2) is 6.63. The van der Waals surface area contributed by atoms with E-state index in [1.165, 1.54) is 10.4 Å². The van der Waals surface area contributed by atoms with Crippen molar-refractivity contribution in [2.75, 3.05) is 13.2 Å². The van der Waals surface area contributed by atoms with Crippen molar-refractivity contribution < 1.29 is 9.84 Å². The lowest BCUT2D eigenvalue weighted by molar-refractivity contribution is -0.110. The number of likely N-dealkylation sites (tertiary alicyclic amines) is 1. The Morgan fingerprint density at radius 2 is 2.36 bits per heavy atom. The van der Waals surface area contributed by atoms with Crippen molar-refractivity contribution in [1.82, 2.24) is 19.9 Å². The summed E-state index contributed by atoms with van der Waals surface area (Å²) in [6.07, 6.45) is 4.68. The summed E-state index contributed by atoms with van der Waals surface area (Å²) in [6, 6.07) is 0.375. The monoisotopic (exact) mass is 382 g/mol. The maximum absolute atomic E-state index is 9.67. The molecule has 4 rings (SSSR count). The number of rotatable bonds is 3. The van der Waals surface area contributed by atoms with E-state index in [0.717, 1.165) is 43.6 Å². The van der Waals surface area contributed by atoms with Gasteiger partial charge in [0.05, 0.1) is 23.2 Å². The fourth-order valence-corrected chi connectivity index (χ4v) is 5.85. The van der Waals surface area contributed by atoms with Gasteiger partial charge in [-0.25, -0.2) is 0 Å². The van der Waals surface area contributed by atoms with Crippen molar-refractivity contribution in [3.05, 3.63) is 32.2 Å². The Morgan fingerprint density at radius 3 is 3.04 bits per heavy atom. The number of piperidine rings is 1. The molecular formula is C17H23ClN4O2S. The minimum atomic E-state index is -0.256. The van der Waals surface area contributed by atoms with Crippen LogP contribution in [-0.4, -0.2) is 44.2 Å². The number of fused-ring (bicyclic) bond motifs is 2. The Morgan fingerprint density at radius 1 is 1.52 bits per heavy atom. The van der Waals surface area contributed by atoms with Gasteiger partial charge in [0, 0.05) is 42.8 Å². The van der Waals surface area contributed by atoms with E-state index in [2.05, 4.69) is 22.1 Å². The van der Waals surface area contributed by atoms with Crippen LogP contribution in [-0.2, 0) is 37.0 Å². The molecule has 2 aliphatic rings. The summed E-state index contributed by atoms with van der Waals surface area (Å²) in [6.45, 7) is 4.71. The van der Waals surface area contributed by atoms with Crippen molar-refractivity contribution in [2.24, 2.45) is 7.05 Å². The molecule has 0 aliphatic carbocycles. The molecule has 2 aliphatic heterocycles. The maximum atomic E-state index is 9.67. The Balaban J connectivity index is 1.56. The van der Waals surface area contributed by atoms with E-state index >= 15 is 0 Å². The molecule has 6 nitrogen and oxygen atoms in total. The fourth-order valence-electron chi connectivity index (χ4n) is 4.17. The first kappa shape index (κ1) is 17.4. The summed E-state index contributed by atoms with van der Waals surface area (Å²) < 4.78 is 8.79. The normalized spacial score (nSPS) is 27.0. The molecule has 0 aromatic carbocycles. The van der Waals surface area contributed by atoms with Gasteiger partial charge in [-0.1, -0.05) is 16.8 Å². The molecule has 25 heavy (non-hydrogen) atoms. The molecule has 0 amide bonds. The molecule has 8 heteroatoms. The van der Waals surface area contributed by atoms with Crippen LogP contribution in [0.2, 0.25) is 4.34 Å². The number of aryl methyl sites for hydroxylation is 1. The minimum Gasteiger partial charge on any atom is -0.392 e. The smallest absolute Gasteiger partial charge is 0.105 e. The highest BCUT2D eigenvalue weighted by molar-refractivity contribution is 7.16. The van der Waals surface area contributed by atoms with Gasteiger partial charge in [-0.05, 0) is 31.7 Å². The van der Waals surface area contributed by atoms with Gasteiger partial charge in [0.1, 0.15) is 5.60 Å². The van der Waals surface area contributed by atoms with Gasteiger partial charge in [0.2, 0.25) is 0 Å². The van der Waals surface area contributed by atoms with Crippen LogP contribution in [0, 0.1) is 0 Å². The Labute approximate surface area is 156 Å². The molecular weight excluding hydrogens is 360 g/mol. The summed E-state index contributed by atoms with van der Waals surface area (Å²) in [5.41, 5.74) is 2.86. The second-order valence-corrected chi connectivity index (χ2v) is 8.69. The quantitative estimate of drug-likeness (QED) is 0.883.